The molecule has 1 N–H and O–H groups in total. The fourth-order valence-electron chi connectivity index (χ4n) is 4.45. The molecular weight excluding hydrogens is 468 g/mol. The van der Waals surface area contributed by atoms with Crippen molar-refractivity contribution in [2.75, 3.05) is 7.11 Å². The maximum atomic E-state index is 13.7. The zero-order valence-electron chi connectivity index (χ0n) is 19.2. The van der Waals surface area contributed by atoms with Crippen molar-refractivity contribution in [3.8, 4) is 5.75 Å². The number of amides is 2. The Hall–Kier alpha value is -2.83. The molecule has 5 nitrogen and oxygen atoms in total. The fourth-order valence-corrected chi connectivity index (χ4v) is 5.39. The van der Waals surface area contributed by atoms with Crippen LogP contribution >= 0.6 is 22.9 Å². The van der Waals surface area contributed by atoms with Gasteiger partial charge in [0.15, 0.2) is 0 Å². The molecule has 2 amide bonds. The highest BCUT2D eigenvalue weighted by Gasteiger charge is 2.34. The number of nitrogens with zero attached hydrogens (tertiary/aromatic N) is 1. The quantitative estimate of drug-likeness (QED) is 0.408. The predicted octanol–water partition coefficient (Wildman–Crippen LogP) is 5.78. The smallest absolute Gasteiger partial charge is 0.247 e. The summed E-state index contributed by atoms with van der Waals surface area (Å²) in [6.07, 6.45) is 4.35. The van der Waals surface area contributed by atoms with Crippen LogP contribution in [0.15, 0.2) is 66.0 Å². The van der Waals surface area contributed by atoms with E-state index in [1.54, 1.807) is 18.1 Å². The van der Waals surface area contributed by atoms with E-state index < -0.39 is 6.04 Å². The summed E-state index contributed by atoms with van der Waals surface area (Å²) in [5.74, 6) is 0.382. The van der Waals surface area contributed by atoms with Gasteiger partial charge in [0.05, 0.1) is 13.5 Å². The molecule has 1 heterocycles. The number of methoxy groups -OCH3 is 1. The lowest BCUT2D eigenvalue weighted by Crippen LogP contribution is -2.46. The van der Waals surface area contributed by atoms with E-state index in [1.165, 1.54) is 11.3 Å². The lowest BCUT2D eigenvalue weighted by Gasteiger charge is -2.33. The highest BCUT2D eigenvalue weighted by Crippen LogP contribution is 2.31. The first-order valence-electron chi connectivity index (χ1n) is 11.5. The largest absolute Gasteiger partial charge is 0.497 e. The highest BCUT2D eigenvalue weighted by molar-refractivity contribution is 7.10. The highest BCUT2D eigenvalue weighted by atomic mass is 35.5. The van der Waals surface area contributed by atoms with E-state index in [9.17, 15) is 9.59 Å². The van der Waals surface area contributed by atoms with Crippen LogP contribution in [-0.4, -0.2) is 29.9 Å². The topological polar surface area (TPSA) is 58.6 Å². The van der Waals surface area contributed by atoms with E-state index in [-0.39, 0.29) is 30.8 Å². The first-order chi connectivity index (χ1) is 16.5. The van der Waals surface area contributed by atoms with Gasteiger partial charge in [-0.15, -0.1) is 11.3 Å². The molecule has 34 heavy (non-hydrogen) atoms. The van der Waals surface area contributed by atoms with Crippen molar-refractivity contribution in [1.29, 1.82) is 0 Å². The van der Waals surface area contributed by atoms with Crippen molar-refractivity contribution < 1.29 is 14.3 Å². The van der Waals surface area contributed by atoms with Crippen molar-refractivity contribution in [1.82, 2.24) is 10.2 Å². The van der Waals surface area contributed by atoms with Crippen molar-refractivity contribution in [3.63, 3.8) is 0 Å². The Labute approximate surface area is 209 Å². The van der Waals surface area contributed by atoms with Gasteiger partial charge in [0.25, 0.3) is 0 Å². The molecule has 1 saturated carbocycles. The predicted molar refractivity (Wildman–Crippen MR) is 136 cm³/mol. The lowest BCUT2D eigenvalue weighted by molar-refractivity contribution is -0.141. The minimum absolute atomic E-state index is 0.128. The standard InChI is InChI=1S/C27H29ClN2O3S/c1-33-21-11-6-8-19(16-21)18-30(25(31)17-22-12-7-15-34-22)26(23-13-4-5-14-24(23)28)27(32)29-20-9-2-3-10-20/h4-8,11-16,20,26H,2-3,9-10,17-18H2,1H3,(H,29,32). The van der Waals surface area contributed by atoms with Crippen LogP contribution in [0.25, 0.3) is 0 Å². The van der Waals surface area contributed by atoms with E-state index in [2.05, 4.69) is 5.32 Å². The molecule has 3 aromatic rings. The molecule has 1 unspecified atom stereocenters. The number of benzene rings is 2. The molecule has 2 aromatic carbocycles. The molecule has 0 aliphatic heterocycles. The van der Waals surface area contributed by atoms with Crippen LogP contribution in [0.4, 0.5) is 0 Å². The first-order valence-corrected chi connectivity index (χ1v) is 12.8. The number of carbonyl (C=O) groups excluding carboxylic acids is 2. The van der Waals surface area contributed by atoms with Crippen molar-refractivity contribution in [2.24, 2.45) is 0 Å². The van der Waals surface area contributed by atoms with Gasteiger partial charge in [-0.1, -0.05) is 60.8 Å². The van der Waals surface area contributed by atoms with Crippen LogP contribution in [0.2, 0.25) is 5.02 Å². The van der Waals surface area contributed by atoms with E-state index in [0.717, 1.165) is 36.1 Å². The Kier molecular flexibility index (Phi) is 8.25. The second kappa shape index (κ2) is 11.5. The molecule has 0 saturated heterocycles. The summed E-state index contributed by atoms with van der Waals surface area (Å²) in [5.41, 5.74) is 1.51. The summed E-state index contributed by atoms with van der Waals surface area (Å²) in [7, 11) is 1.61. The molecule has 7 heteroatoms. The number of rotatable bonds is 9. The number of halogens is 1. The number of nitrogens with one attached hydrogen (secondary N) is 1. The second-order valence-corrected chi connectivity index (χ2v) is 9.98. The van der Waals surface area contributed by atoms with Crippen LogP contribution in [-0.2, 0) is 22.6 Å². The van der Waals surface area contributed by atoms with Gasteiger partial charge < -0.3 is 15.0 Å². The second-order valence-electron chi connectivity index (χ2n) is 8.54. The minimum atomic E-state index is -0.840. The Morgan fingerprint density at radius 3 is 2.62 bits per heavy atom. The summed E-state index contributed by atoms with van der Waals surface area (Å²) in [5, 5.41) is 5.61. The zero-order chi connectivity index (χ0) is 23.9. The molecule has 1 aromatic heterocycles. The molecule has 1 atom stereocenters. The van der Waals surface area contributed by atoms with E-state index in [0.29, 0.717) is 16.3 Å². The minimum Gasteiger partial charge on any atom is -0.497 e. The summed E-state index contributed by atoms with van der Waals surface area (Å²) in [4.78, 5) is 30.0. The summed E-state index contributed by atoms with van der Waals surface area (Å²) in [6.45, 7) is 0.259. The Bertz CT molecular complexity index is 1110. The van der Waals surface area contributed by atoms with Crippen molar-refractivity contribution in [2.45, 2.75) is 50.7 Å². The van der Waals surface area contributed by atoms with E-state index in [1.807, 2.05) is 60.0 Å². The van der Waals surface area contributed by atoms with Crippen LogP contribution in [0.1, 0.15) is 47.7 Å². The van der Waals surface area contributed by atoms with Gasteiger partial charge in [-0.05, 0) is 48.1 Å². The molecule has 1 aliphatic rings. The first kappa shape index (κ1) is 24.3. The number of ether oxygens (including phenoxy) is 1. The van der Waals surface area contributed by atoms with Gasteiger partial charge in [-0.25, -0.2) is 0 Å². The van der Waals surface area contributed by atoms with E-state index in [4.69, 9.17) is 16.3 Å². The Balaban J connectivity index is 1.72. The average molecular weight is 497 g/mol. The number of hydrogen-bond donors (Lipinski definition) is 1. The fraction of sp³-hybridized carbons (Fsp3) is 0.333. The molecule has 178 valence electrons. The number of hydrogen-bond acceptors (Lipinski definition) is 4. The Morgan fingerprint density at radius 2 is 1.91 bits per heavy atom. The molecule has 1 fully saturated rings. The molecular formula is C27H29ClN2O3S. The third-order valence-corrected chi connectivity index (χ3v) is 7.39. The SMILES string of the molecule is COc1cccc(CN(C(=O)Cc2cccs2)C(C(=O)NC2CCCC2)c2ccccc2Cl)c1. The molecule has 0 bridgehead atoms. The maximum absolute atomic E-state index is 13.7. The van der Waals surface area contributed by atoms with Crippen molar-refractivity contribution >= 4 is 34.8 Å². The average Bonchev–Trinajstić information content (AvgIpc) is 3.54. The van der Waals surface area contributed by atoms with Gasteiger partial charge in [-0.3, -0.25) is 9.59 Å². The monoisotopic (exact) mass is 496 g/mol. The third-order valence-electron chi connectivity index (χ3n) is 6.17. The van der Waals surface area contributed by atoms with Crippen LogP contribution < -0.4 is 10.1 Å². The van der Waals surface area contributed by atoms with Gasteiger partial charge in [0.1, 0.15) is 11.8 Å². The van der Waals surface area contributed by atoms with Gasteiger partial charge in [-0.2, -0.15) is 0 Å². The maximum Gasteiger partial charge on any atom is 0.247 e. The number of carbonyl (C=O) groups is 2. The van der Waals surface area contributed by atoms with Gasteiger partial charge in [0, 0.05) is 28.0 Å². The van der Waals surface area contributed by atoms with Crippen LogP contribution in [0.5, 0.6) is 5.75 Å². The summed E-state index contributed by atoms with van der Waals surface area (Å²) in [6, 6.07) is 18.0. The third kappa shape index (κ3) is 5.99. The lowest BCUT2D eigenvalue weighted by atomic mass is 10.0. The van der Waals surface area contributed by atoms with Gasteiger partial charge in [0.2, 0.25) is 11.8 Å². The molecule has 4 rings (SSSR count). The van der Waals surface area contributed by atoms with Gasteiger partial charge >= 0.3 is 0 Å². The van der Waals surface area contributed by atoms with Crippen molar-refractivity contribution in [3.05, 3.63) is 87.1 Å². The Morgan fingerprint density at radius 1 is 1.12 bits per heavy atom. The van der Waals surface area contributed by atoms with E-state index >= 15 is 0 Å². The van der Waals surface area contributed by atoms with Crippen LogP contribution in [0, 0.1) is 0 Å². The molecule has 0 spiro atoms. The zero-order valence-corrected chi connectivity index (χ0v) is 20.8. The molecule has 1 aliphatic carbocycles. The summed E-state index contributed by atoms with van der Waals surface area (Å²) < 4.78 is 5.38. The summed E-state index contributed by atoms with van der Waals surface area (Å²) >= 11 is 8.12. The van der Waals surface area contributed by atoms with Crippen LogP contribution in [0.3, 0.4) is 0 Å². The normalized spacial score (nSPS) is 14.5. The number of thiophene rings is 1. The molecule has 0 radical (unpaired) electrons.